The molecular weight excluding hydrogens is 222 g/mol. The summed E-state index contributed by atoms with van der Waals surface area (Å²) in [6.07, 6.45) is 0. The minimum Gasteiger partial charge on any atom is -0.399 e. The van der Waals surface area contributed by atoms with Gasteiger partial charge in [-0.1, -0.05) is 24.3 Å². The summed E-state index contributed by atoms with van der Waals surface area (Å²) in [6.45, 7) is 2.77. The third kappa shape index (κ3) is 2.61. The lowest BCUT2D eigenvalue weighted by atomic mass is 10.1. The van der Waals surface area contributed by atoms with Crippen LogP contribution >= 0.6 is 0 Å². The molecular formula is C15H15N3. The number of nitriles is 1. The number of benzene rings is 2. The third-order valence-electron chi connectivity index (χ3n) is 2.89. The van der Waals surface area contributed by atoms with Crippen molar-refractivity contribution in [1.82, 2.24) is 0 Å². The molecule has 2 rings (SSSR count). The van der Waals surface area contributed by atoms with Gasteiger partial charge in [0.1, 0.15) is 6.07 Å². The van der Waals surface area contributed by atoms with Crippen LogP contribution < -0.4 is 11.1 Å². The Morgan fingerprint density at radius 3 is 2.72 bits per heavy atom. The van der Waals surface area contributed by atoms with E-state index in [1.807, 2.05) is 18.2 Å². The Morgan fingerprint density at radius 1 is 1.22 bits per heavy atom. The molecule has 0 saturated carbocycles. The zero-order valence-electron chi connectivity index (χ0n) is 10.3. The lowest BCUT2D eigenvalue weighted by Crippen LogP contribution is -2.03. The van der Waals surface area contributed by atoms with Gasteiger partial charge in [0.2, 0.25) is 0 Å². The van der Waals surface area contributed by atoms with Crippen LogP contribution in [0.1, 0.15) is 16.7 Å². The number of anilines is 2. The number of hydrogen-bond acceptors (Lipinski definition) is 3. The molecule has 2 aromatic carbocycles. The highest BCUT2D eigenvalue weighted by Crippen LogP contribution is 2.19. The Balaban J connectivity index is 2.16. The van der Waals surface area contributed by atoms with E-state index in [0.29, 0.717) is 17.8 Å². The Kier molecular flexibility index (Phi) is 3.49. The molecule has 18 heavy (non-hydrogen) atoms. The maximum atomic E-state index is 9.05. The first-order valence-electron chi connectivity index (χ1n) is 5.78. The van der Waals surface area contributed by atoms with Crippen molar-refractivity contribution in [2.45, 2.75) is 13.5 Å². The molecule has 0 aliphatic rings. The summed E-state index contributed by atoms with van der Waals surface area (Å²) in [7, 11) is 0. The van der Waals surface area contributed by atoms with E-state index >= 15 is 0 Å². The first kappa shape index (κ1) is 12.0. The fourth-order valence-electron chi connectivity index (χ4n) is 1.81. The van der Waals surface area contributed by atoms with Crippen LogP contribution in [0.25, 0.3) is 0 Å². The van der Waals surface area contributed by atoms with E-state index in [1.165, 1.54) is 11.1 Å². The van der Waals surface area contributed by atoms with Crippen molar-refractivity contribution in [3.8, 4) is 6.07 Å². The highest BCUT2D eigenvalue weighted by molar-refractivity contribution is 5.63. The van der Waals surface area contributed by atoms with Crippen LogP contribution in [0.15, 0.2) is 42.5 Å². The molecule has 3 N–H and O–H groups in total. The SMILES string of the molecule is Cc1ccccc1CNc1ccc(N)cc1C#N. The number of aryl methyl sites for hydroxylation is 1. The largest absolute Gasteiger partial charge is 0.399 e. The second-order valence-electron chi connectivity index (χ2n) is 4.20. The normalized spacial score (nSPS) is 9.78. The maximum absolute atomic E-state index is 9.05. The number of nitrogens with two attached hydrogens (primary N) is 1. The molecule has 0 aromatic heterocycles. The van der Waals surface area contributed by atoms with Gasteiger partial charge in [-0.25, -0.2) is 0 Å². The zero-order valence-corrected chi connectivity index (χ0v) is 10.3. The lowest BCUT2D eigenvalue weighted by molar-refractivity contribution is 1.12. The fourth-order valence-corrected chi connectivity index (χ4v) is 1.81. The van der Waals surface area contributed by atoms with Crippen molar-refractivity contribution in [1.29, 1.82) is 5.26 Å². The third-order valence-corrected chi connectivity index (χ3v) is 2.89. The zero-order chi connectivity index (χ0) is 13.0. The number of nitrogens with zero attached hydrogens (tertiary/aromatic N) is 1. The minimum absolute atomic E-state index is 0.573. The van der Waals surface area contributed by atoms with Gasteiger partial charge in [0.15, 0.2) is 0 Å². The fraction of sp³-hybridized carbons (Fsp3) is 0.133. The monoisotopic (exact) mass is 237 g/mol. The van der Waals surface area contributed by atoms with Gasteiger partial charge in [-0.2, -0.15) is 5.26 Å². The van der Waals surface area contributed by atoms with Crippen LogP contribution in [-0.2, 0) is 6.54 Å². The van der Waals surface area contributed by atoms with Crippen molar-refractivity contribution < 1.29 is 0 Å². The average Bonchev–Trinajstić information content (AvgIpc) is 2.39. The average molecular weight is 237 g/mol. The van der Waals surface area contributed by atoms with Gasteiger partial charge in [0, 0.05) is 12.2 Å². The predicted molar refractivity (Wildman–Crippen MR) is 74.1 cm³/mol. The van der Waals surface area contributed by atoms with Crippen LogP contribution in [0.4, 0.5) is 11.4 Å². The first-order chi connectivity index (χ1) is 8.70. The number of nitrogen functional groups attached to an aromatic ring is 1. The van der Waals surface area contributed by atoms with Gasteiger partial charge in [-0.3, -0.25) is 0 Å². The molecule has 0 spiro atoms. The van der Waals surface area contributed by atoms with Gasteiger partial charge >= 0.3 is 0 Å². The summed E-state index contributed by atoms with van der Waals surface area (Å²) >= 11 is 0. The first-order valence-corrected chi connectivity index (χ1v) is 5.78. The van der Waals surface area contributed by atoms with Crippen molar-refractivity contribution in [3.63, 3.8) is 0 Å². The molecule has 0 unspecified atom stereocenters. The van der Waals surface area contributed by atoms with E-state index in [2.05, 4.69) is 30.4 Å². The second kappa shape index (κ2) is 5.24. The van der Waals surface area contributed by atoms with E-state index in [0.717, 1.165) is 5.69 Å². The maximum Gasteiger partial charge on any atom is 0.101 e. The number of rotatable bonds is 3. The predicted octanol–water partition coefficient (Wildman–Crippen LogP) is 3.06. The molecule has 0 aliphatic carbocycles. The second-order valence-corrected chi connectivity index (χ2v) is 4.20. The molecule has 90 valence electrons. The summed E-state index contributed by atoms with van der Waals surface area (Å²) in [6, 6.07) is 15.6. The lowest BCUT2D eigenvalue weighted by Gasteiger charge is -2.10. The van der Waals surface area contributed by atoms with Gasteiger partial charge in [-0.05, 0) is 36.2 Å². The Hall–Kier alpha value is -2.47. The molecule has 0 heterocycles. The molecule has 0 bridgehead atoms. The minimum atomic E-state index is 0.573. The summed E-state index contributed by atoms with van der Waals surface area (Å²) in [5.41, 5.74) is 10.1. The van der Waals surface area contributed by atoms with Crippen LogP contribution in [-0.4, -0.2) is 0 Å². The molecule has 0 atom stereocenters. The molecule has 3 nitrogen and oxygen atoms in total. The highest BCUT2D eigenvalue weighted by Gasteiger charge is 2.03. The van der Waals surface area contributed by atoms with Gasteiger partial charge in [-0.15, -0.1) is 0 Å². The van der Waals surface area contributed by atoms with Crippen LogP contribution in [0.3, 0.4) is 0 Å². The van der Waals surface area contributed by atoms with E-state index in [-0.39, 0.29) is 0 Å². The van der Waals surface area contributed by atoms with Crippen LogP contribution in [0, 0.1) is 18.3 Å². The van der Waals surface area contributed by atoms with Crippen LogP contribution in [0.2, 0.25) is 0 Å². The van der Waals surface area contributed by atoms with Crippen molar-refractivity contribution >= 4 is 11.4 Å². The molecule has 0 aliphatic heterocycles. The topological polar surface area (TPSA) is 61.8 Å². The van der Waals surface area contributed by atoms with Crippen molar-refractivity contribution in [2.24, 2.45) is 0 Å². The van der Waals surface area contributed by atoms with E-state index in [4.69, 9.17) is 11.0 Å². The Labute approximate surface area is 107 Å². The molecule has 0 amide bonds. The quantitative estimate of drug-likeness (QED) is 0.806. The molecule has 2 aromatic rings. The van der Waals surface area contributed by atoms with Crippen LogP contribution in [0.5, 0.6) is 0 Å². The summed E-state index contributed by atoms with van der Waals surface area (Å²) in [5.74, 6) is 0. The van der Waals surface area contributed by atoms with Gasteiger partial charge < -0.3 is 11.1 Å². The standard InChI is InChI=1S/C15H15N3/c1-11-4-2-3-5-12(11)10-18-15-7-6-14(17)8-13(15)9-16/h2-8,18H,10,17H2,1H3. The molecule has 0 radical (unpaired) electrons. The molecule has 0 saturated heterocycles. The van der Waals surface area contributed by atoms with Crippen molar-refractivity contribution in [2.75, 3.05) is 11.1 Å². The summed E-state index contributed by atoms with van der Waals surface area (Å²) in [5, 5.41) is 12.3. The highest BCUT2D eigenvalue weighted by atomic mass is 14.9. The number of hydrogen-bond donors (Lipinski definition) is 2. The number of nitrogens with one attached hydrogen (secondary N) is 1. The summed E-state index contributed by atoms with van der Waals surface area (Å²) < 4.78 is 0. The van der Waals surface area contributed by atoms with E-state index in [9.17, 15) is 0 Å². The Morgan fingerprint density at radius 2 is 2.00 bits per heavy atom. The van der Waals surface area contributed by atoms with E-state index < -0.39 is 0 Å². The van der Waals surface area contributed by atoms with Gasteiger partial charge in [0.05, 0.1) is 11.3 Å². The van der Waals surface area contributed by atoms with Gasteiger partial charge in [0.25, 0.3) is 0 Å². The smallest absolute Gasteiger partial charge is 0.101 e. The van der Waals surface area contributed by atoms with Crippen molar-refractivity contribution in [3.05, 3.63) is 59.2 Å². The molecule has 3 heteroatoms. The van der Waals surface area contributed by atoms with E-state index in [1.54, 1.807) is 12.1 Å². The summed E-state index contributed by atoms with van der Waals surface area (Å²) in [4.78, 5) is 0. The molecule has 0 fully saturated rings. The Bertz CT molecular complexity index is 597.